The van der Waals surface area contributed by atoms with E-state index in [2.05, 4.69) is 4.18 Å². The maximum Gasteiger partial charge on any atom is 0.534 e. The van der Waals surface area contributed by atoms with E-state index in [0.29, 0.717) is 6.54 Å². The van der Waals surface area contributed by atoms with Crippen LogP contribution in [-0.2, 0) is 20.3 Å². The summed E-state index contributed by atoms with van der Waals surface area (Å²) in [7, 11) is -5.73. The fourth-order valence-corrected chi connectivity index (χ4v) is 6.37. The Morgan fingerprint density at radius 3 is 2.50 bits per heavy atom. The summed E-state index contributed by atoms with van der Waals surface area (Å²) >= 11 is 0. The third kappa shape index (κ3) is 3.54. The number of ether oxygens (including phenoxy) is 1. The summed E-state index contributed by atoms with van der Waals surface area (Å²) in [5.74, 6) is -0.204. The van der Waals surface area contributed by atoms with Gasteiger partial charge in [-0.25, -0.2) is 4.79 Å². The van der Waals surface area contributed by atoms with Crippen molar-refractivity contribution >= 4 is 16.2 Å². The number of alkyl halides is 3. The van der Waals surface area contributed by atoms with Crippen LogP contribution in [-0.4, -0.2) is 43.1 Å². The molecule has 1 aliphatic heterocycles. The lowest BCUT2D eigenvalue weighted by molar-refractivity contribution is -0.0500. The van der Waals surface area contributed by atoms with Crippen molar-refractivity contribution in [1.29, 1.82) is 0 Å². The van der Waals surface area contributed by atoms with E-state index in [1.165, 1.54) is 12.1 Å². The normalized spacial score (nSPS) is 29.8. The van der Waals surface area contributed by atoms with Crippen LogP contribution in [0.15, 0.2) is 18.2 Å². The molecule has 0 aromatic heterocycles. The van der Waals surface area contributed by atoms with Crippen molar-refractivity contribution in [3.63, 3.8) is 0 Å². The van der Waals surface area contributed by atoms with Crippen molar-refractivity contribution in [1.82, 2.24) is 4.90 Å². The van der Waals surface area contributed by atoms with Gasteiger partial charge in [-0.1, -0.05) is 18.9 Å². The first kappa shape index (κ1) is 23.2. The van der Waals surface area contributed by atoms with E-state index in [1.54, 1.807) is 11.0 Å². The molecule has 4 atom stereocenters. The van der Waals surface area contributed by atoms with Crippen LogP contribution >= 0.6 is 0 Å². The number of rotatable bonds is 2. The highest BCUT2D eigenvalue weighted by Gasteiger charge is 2.62. The van der Waals surface area contributed by atoms with E-state index in [0.717, 1.165) is 36.8 Å². The van der Waals surface area contributed by atoms with Gasteiger partial charge >= 0.3 is 21.7 Å². The maximum absolute atomic E-state index is 12.9. The monoisotopic (exact) mass is 475 g/mol. The quantitative estimate of drug-likeness (QED) is 0.441. The van der Waals surface area contributed by atoms with Crippen LogP contribution in [0, 0.1) is 5.92 Å². The molecule has 3 aliphatic rings. The highest BCUT2D eigenvalue weighted by molar-refractivity contribution is 7.88. The summed E-state index contributed by atoms with van der Waals surface area (Å²) in [6, 6.07) is 4.21. The van der Waals surface area contributed by atoms with Gasteiger partial charge in [-0.05, 0) is 69.7 Å². The molecule has 2 aliphatic carbocycles. The highest BCUT2D eigenvalue weighted by Crippen LogP contribution is 2.65. The summed E-state index contributed by atoms with van der Waals surface area (Å²) < 4.78 is 71.3. The zero-order chi connectivity index (χ0) is 23.7. The lowest BCUT2D eigenvalue weighted by atomic mass is 9.44. The molecule has 1 amide bonds. The molecule has 1 spiro atoms. The van der Waals surface area contributed by atoms with Gasteiger partial charge < -0.3 is 13.8 Å². The number of hydrogen-bond acceptors (Lipinski definition) is 5. The van der Waals surface area contributed by atoms with Crippen molar-refractivity contribution in [2.75, 3.05) is 6.54 Å². The zero-order valence-electron chi connectivity index (χ0n) is 18.5. The molecule has 32 heavy (non-hydrogen) atoms. The summed E-state index contributed by atoms with van der Waals surface area (Å²) in [6.45, 7) is 7.91. The van der Waals surface area contributed by atoms with Gasteiger partial charge in [0.15, 0.2) is 0 Å². The number of nitrogens with zero attached hydrogens (tertiary/aromatic N) is 1. The Balaban J connectivity index is 1.69. The number of likely N-dealkylation sites (tertiary alicyclic amines) is 1. The molecule has 1 saturated carbocycles. The van der Waals surface area contributed by atoms with Gasteiger partial charge in [-0.2, -0.15) is 21.6 Å². The van der Waals surface area contributed by atoms with Gasteiger partial charge in [0.2, 0.25) is 0 Å². The second-order valence-electron chi connectivity index (χ2n) is 10.1. The minimum Gasteiger partial charge on any atom is -0.444 e. The number of halogens is 3. The van der Waals surface area contributed by atoms with Gasteiger partial charge in [0.1, 0.15) is 11.4 Å². The molecule has 0 bridgehead atoms. The lowest BCUT2D eigenvalue weighted by Gasteiger charge is -2.64. The second-order valence-corrected chi connectivity index (χ2v) is 11.6. The Morgan fingerprint density at radius 1 is 1.19 bits per heavy atom. The van der Waals surface area contributed by atoms with Crippen LogP contribution in [0.3, 0.4) is 0 Å². The van der Waals surface area contributed by atoms with Crippen LogP contribution in [0.5, 0.6) is 5.75 Å². The first-order valence-electron chi connectivity index (χ1n) is 10.8. The molecule has 4 rings (SSSR count). The molecule has 1 saturated heterocycles. The molecule has 10 heteroatoms. The summed E-state index contributed by atoms with van der Waals surface area (Å²) in [5.41, 5.74) is -4.64. The predicted octanol–water partition coefficient (Wildman–Crippen LogP) is 5.08. The van der Waals surface area contributed by atoms with E-state index >= 15 is 0 Å². The van der Waals surface area contributed by atoms with Crippen molar-refractivity contribution in [3.8, 4) is 5.75 Å². The number of hydrogen-bond donors (Lipinski definition) is 0. The third-order valence-corrected chi connectivity index (χ3v) is 8.09. The summed E-state index contributed by atoms with van der Waals surface area (Å²) in [4.78, 5) is 14.7. The number of carbonyl (C=O) groups excluding carboxylic acids is 1. The van der Waals surface area contributed by atoms with Crippen molar-refractivity contribution in [2.24, 2.45) is 5.92 Å². The van der Waals surface area contributed by atoms with Crippen LogP contribution in [0.1, 0.15) is 70.4 Å². The van der Waals surface area contributed by atoms with Crippen LogP contribution < -0.4 is 4.18 Å². The van der Waals surface area contributed by atoms with Crippen LogP contribution in [0.4, 0.5) is 18.0 Å². The molecule has 1 aromatic carbocycles. The molecule has 1 heterocycles. The van der Waals surface area contributed by atoms with E-state index in [1.807, 2.05) is 27.7 Å². The Bertz CT molecular complexity index is 1030. The molecular formula is C22H28F3NO5S. The Kier molecular flexibility index (Phi) is 5.27. The number of benzene rings is 1. The smallest absolute Gasteiger partial charge is 0.444 e. The maximum atomic E-state index is 12.9. The molecule has 1 aromatic rings. The predicted molar refractivity (Wildman–Crippen MR) is 111 cm³/mol. The Hall–Kier alpha value is -1.97. The second kappa shape index (κ2) is 7.27. The SMILES string of the molecule is CC1C2CCCCC23c2cc(OS(=O)(=O)C(F)(F)F)ccc2C3CN1C(=O)OC(C)(C)C. The van der Waals surface area contributed by atoms with E-state index in [9.17, 15) is 26.4 Å². The van der Waals surface area contributed by atoms with Crippen LogP contribution in [0.2, 0.25) is 0 Å². The Labute approximate surface area is 186 Å². The average molecular weight is 476 g/mol. The number of amides is 1. The van der Waals surface area contributed by atoms with Gasteiger partial charge in [0, 0.05) is 23.9 Å². The number of piperidine rings is 1. The van der Waals surface area contributed by atoms with Gasteiger partial charge in [-0.15, -0.1) is 0 Å². The van der Waals surface area contributed by atoms with Crippen LogP contribution in [0.25, 0.3) is 0 Å². The van der Waals surface area contributed by atoms with E-state index < -0.39 is 21.2 Å². The molecule has 0 radical (unpaired) electrons. The highest BCUT2D eigenvalue weighted by atomic mass is 32.2. The molecular weight excluding hydrogens is 447 g/mol. The molecule has 6 nitrogen and oxygen atoms in total. The van der Waals surface area contributed by atoms with E-state index in [-0.39, 0.29) is 35.1 Å². The fourth-order valence-electron chi connectivity index (χ4n) is 5.92. The minimum atomic E-state index is -5.73. The lowest BCUT2D eigenvalue weighted by Crippen LogP contribution is -2.66. The first-order valence-corrected chi connectivity index (χ1v) is 12.2. The van der Waals surface area contributed by atoms with Gasteiger partial charge in [0.25, 0.3) is 0 Å². The van der Waals surface area contributed by atoms with Crippen molar-refractivity contribution in [3.05, 3.63) is 29.3 Å². The van der Waals surface area contributed by atoms with Gasteiger partial charge in [0.05, 0.1) is 0 Å². The van der Waals surface area contributed by atoms with E-state index in [4.69, 9.17) is 4.74 Å². The largest absolute Gasteiger partial charge is 0.534 e. The number of carbonyl (C=O) groups is 1. The van der Waals surface area contributed by atoms with Gasteiger partial charge in [-0.3, -0.25) is 0 Å². The minimum absolute atomic E-state index is 0.0276. The fraction of sp³-hybridized carbons (Fsp3) is 0.682. The molecule has 4 unspecified atom stereocenters. The molecule has 178 valence electrons. The van der Waals surface area contributed by atoms with Crippen molar-refractivity contribution < 1.29 is 35.3 Å². The molecule has 0 N–H and O–H groups in total. The first-order chi connectivity index (χ1) is 14.7. The summed E-state index contributed by atoms with van der Waals surface area (Å²) in [6.07, 6.45) is 3.32. The zero-order valence-corrected chi connectivity index (χ0v) is 19.3. The molecule has 2 fully saturated rings. The number of fused-ring (bicyclic) bond motifs is 2. The summed E-state index contributed by atoms with van der Waals surface area (Å²) in [5, 5.41) is 0. The topological polar surface area (TPSA) is 72.9 Å². The van der Waals surface area contributed by atoms with Crippen molar-refractivity contribution in [2.45, 2.75) is 81.9 Å². The standard InChI is InChI=1S/C22H28F3NO5S/c1-13-16-7-5-6-10-21(16)17-11-14(31-32(28,29)22(23,24)25)8-9-15(17)18(21)12-26(13)19(27)30-20(2,3)4/h8-9,11,13,16,18H,5-7,10,12H2,1-4H3. The average Bonchev–Trinajstić information content (AvgIpc) is 2.65. The Morgan fingerprint density at radius 2 is 1.88 bits per heavy atom. The third-order valence-electron chi connectivity index (χ3n) is 7.11.